The fourth-order valence-corrected chi connectivity index (χ4v) is 4.88. The van der Waals surface area contributed by atoms with Gasteiger partial charge in [-0.2, -0.15) is 20.2 Å². The smallest absolute Gasteiger partial charge is 0.231 e. The first-order valence-corrected chi connectivity index (χ1v) is 12.7. The molecule has 1 heterocycles. The molecule has 7 nitrogen and oxygen atoms in total. The normalized spacial score (nSPS) is 16.1. The minimum absolute atomic E-state index is 0.462. The Morgan fingerprint density at radius 2 is 1.16 bits per heavy atom. The van der Waals surface area contributed by atoms with Crippen LogP contribution in [0.15, 0.2) is 83.0 Å². The van der Waals surface area contributed by atoms with Crippen LogP contribution in [-0.2, 0) is 12.8 Å². The molecule has 37 heavy (non-hydrogen) atoms. The number of hydrogen-bond donors (Lipinski definition) is 3. The predicted molar refractivity (Wildman–Crippen MR) is 151 cm³/mol. The molecule has 0 saturated heterocycles. The average molecular weight is 488 g/mol. The molecule has 0 radical (unpaired) electrons. The molecular weight excluding hydrogens is 458 g/mol. The lowest BCUT2D eigenvalue weighted by Gasteiger charge is -2.10. The van der Waals surface area contributed by atoms with Gasteiger partial charge < -0.3 is 5.32 Å². The quantitative estimate of drug-likeness (QED) is 0.276. The number of anilines is 4. The number of aromatic nitrogens is 2. The SMILES string of the molecule is Cc1ccc2c(c1)C(=NNc1cc(NN=C3CCc4ccc(C)cc43)nc(Nc3ccccc3)n1)CC2. The van der Waals surface area contributed by atoms with Crippen molar-refractivity contribution in [3.63, 3.8) is 0 Å². The molecule has 0 bridgehead atoms. The molecule has 3 aromatic carbocycles. The molecule has 2 aliphatic carbocycles. The first-order valence-electron chi connectivity index (χ1n) is 12.7. The van der Waals surface area contributed by atoms with E-state index in [1.165, 1.54) is 33.4 Å². The molecule has 7 heteroatoms. The maximum absolute atomic E-state index is 4.73. The van der Waals surface area contributed by atoms with Crippen molar-refractivity contribution in [3.05, 3.63) is 106 Å². The first kappa shape index (κ1) is 22.9. The van der Waals surface area contributed by atoms with Gasteiger partial charge in [0, 0.05) is 22.9 Å². The summed E-state index contributed by atoms with van der Waals surface area (Å²) in [6.45, 7) is 4.22. The fourth-order valence-electron chi connectivity index (χ4n) is 4.88. The summed E-state index contributed by atoms with van der Waals surface area (Å²) in [4.78, 5) is 9.32. The van der Waals surface area contributed by atoms with Crippen molar-refractivity contribution in [2.24, 2.45) is 10.2 Å². The summed E-state index contributed by atoms with van der Waals surface area (Å²) in [7, 11) is 0. The Kier molecular flexibility index (Phi) is 6.10. The Labute approximate surface area is 216 Å². The van der Waals surface area contributed by atoms with Crippen LogP contribution in [-0.4, -0.2) is 21.4 Å². The highest BCUT2D eigenvalue weighted by Gasteiger charge is 2.19. The third-order valence-corrected chi connectivity index (χ3v) is 6.78. The minimum atomic E-state index is 0.462. The Morgan fingerprint density at radius 3 is 1.70 bits per heavy atom. The van der Waals surface area contributed by atoms with Gasteiger partial charge in [-0.3, -0.25) is 10.9 Å². The number of hydrazone groups is 2. The van der Waals surface area contributed by atoms with Gasteiger partial charge in [0.15, 0.2) is 11.6 Å². The van der Waals surface area contributed by atoms with Crippen molar-refractivity contribution in [2.75, 3.05) is 16.2 Å². The summed E-state index contributed by atoms with van der Waals surface area (Å²) >= 11 is 0. The van der Waals surface area contributed by atoms with Crippen LogP contribution >= 0.6 is 0 Å². The number of nitrogens with zero attached hydrogens (tertiary/aromatic N) is 4. The maximum Gasteiger partial charge on any atom is 0.231 e. The monoisotopic (exact) mass is 487 g/mol. The van der Waals surface area contributed by atoms with Crippen LogP contribution in [0, 0.1) is 13.8 Å². The summed E-state index contributed by atoms with van der Waals surface area (Å²) in [6, 6.07) is 24.8. The van der Waals surface area contributed by atoms with Crippen LogP contribution in [0.4, 0.5) is 23.3 Å². The number of aryl methyl sites for hydroxylation is 4. The van der Waals surface area contributed by atoms with Crippen LogP contribution in [0.1, 0.15) is 46.2 Å². The number of nitrogens with one attached hydrogen (secondary N) is 3. The van der Waals surface area contributed by atoms with Crippen molar-refractivity contribution in [1.29, 1.82) is 0 Å². The van der Waals surface area contributed by atoms with Gasteiger partial charge in [0.05, 0.1) is 11.4 Å². The van der Waals surface area contributed by atoms with Gasteiger partial charge in [0.25, 0.3) is 0 Å². The Morgan fingerprint density at radius 1 is 0.622 bits per heavy atom. The predicted octanol–water partition coefficient (Wildman–Crippen LogP) is 6.36. The zero-order chi connectivity index (χ0) is 25.2. The fraction of sp³-hybridized carbons (Fsp3) is 0.200. The number of benzene rings is 3. The topological polar surface area (TPSA) is 86.6 Å². The second-order valence-electron chi connectivity index (χ2n) is 9.61. The lowest BCUT2D eigenvalue weighted by atomic mass is 10.1. The Balaban J connectivity index is 1.29. The molecule has 0 spiro atoms. The molecule has 6 rings (SSSR count). The Bertz CT molecular complexity index is 1430. The van der Waals surface area contributed by atoms with E-state index < -0.39 is 0 Å². The second-order valence-corrected chi connectivity index (χ2v) is 9.61. The average Bonchev–Trinajstić information content (AvgIpc) is 3.50. The summed E-state index contributed by atoms with van der Waals surface area (Å²) in [6.07, 6.45) is 3.82. The molecule has 1 aromatic heterocycles. The van der Waals surface area contributed by atoms with Crippen molar-refractivity contribution < 1.29 is 0 Å². The van der Waals surface area contributed by atoms with Crippen LogP contribution in [0.25, 0.3) is 0 Å². The number of para-hydroxylation sites is 1. The molecule has 0 fully saturated rings. The van der Waals surface area contributed by atoms with E-state index in [-0.39, 0.29) is 0 Å². The van der Waals surface area contributed by atoms with E-state index in [9.17, 15) is 0 Å². The molecule has 0 amide bonds. The van der Waals surface area contributed by atoms with E-state index in [4.69, 9.17) is 10.2 Å². The van der Waals surface area contributed by atoms with E-state index in [0.717, 1.165) is 42.8 Å². The van der Waals surface area contributed by atoms with Gasteiger partial charge in [-0.25, -0.2) is 0 Å². The van der Waals surface area contributed by atoms with Gasteiger partial charge in [0.2, 0.25) is 5.95 Å². The van der Waals surface area contributed by atoms with Crippen molar-refractivity contribution in [2.45, 2.75) is 39.5 Å². The molecule has 2 aliphatic rings. The van der Waals surface area contributed by atoms with E-state index >= 15 is 0 Å². The molecule has 0 saturated carbocycles. The molecule has 0 atom stereocenters. The van der Waals surface area contributed by atoms with Crippen LogP contribution in [0.2, 0.25) is 0 Å². The highest BCUT2D eigenvalue weighted by atomic mass is 15.4. The number of hydrogen-bond acceptors (Lipinski definition) is 7. The van der Waals surface area contributed by atoms with E-state index in [2.05, 4.69) is 76.4 Å². The van der Waals surface area contributed by atoms with Crippen molar-refractivity contribution in [3.8, 4) is 0 Å². The summed E-state index contributed by atoms with van der Waals surface area (Å²) in [5.41, 5.74) is 16.9. The summed E-state index contributed by atoms with van der Waals surface area (Å²) < 4.78 is 0. The van der Waals surface area contributed by atoms with Crippen LogP contribution < -0.4 is 16.2 Å². The lowest BCUT2D eigenvalue weighted by Crippen LogP contribution is -2.07. The van der Waals surface area contributed by atoms with E-state index in [1.54, 1.807) is 0 Å². The van der Waals surface area contributed by atoms with Crippen LogP contribution in [0.3, 0.4) is 0 Å². The minimum Gasteiger partial charge on any atom is -0.324 e. The molecule has 184 valence electrons. The highest BCUT2D eigenvalue weighted by Crippen LogP contribution is 2.26. The van der Waals surface area contributed by atoms with Crippen molar-refractivity contribution >= 4 is 34.7 Å². The Hall–Kier alpha value is -4.52. The zero-order valence-corrected chi connectivity index (χ0v) is 21.0. The van der Waals surface area contributed by atoms with E-state index in [0.29, 0.717) is 17.6 Å². The largest absolute Gasteiger partial charge is 0.324 e. The lowest BCUT2D eigenvalue weighted by molar-refractivity contribution is 1.07. The second kappa shape index (κ2) is 9.85. The molecule has 0 unspecified atom stereocenters. The van der Waals surface area contributed by atoms with Gasteiger partial charge in [-0.1, -0.05) is 53.6 Å². The third-order valence-electron chi connectivity index (χ3n) is 6.78. The molecular formula is C30H29N7. The van der Waals surface area contributed by atoms with E-state index in [1.807, 2.05) is 36.4 Å². The summed E-state index contributed by atoms with van der Waals surface area (Å²) in [5, 5.41) is 12.7. The maximum atomic E-state index is 4.73. The molecule has 3 N–H and O–H groups in total. The van der Waals surface area contributed by atoms with Crippen LogP contribution in [0.5, 0.6) is 0 Å². The van der Waals surface area contributed by atoms with Gasteiger partial charge in [-0.05, 0) is 74.9 Å². The number of fused-ring (bicyclic) bond motifs is 2. The first-order chi connectivity index (χ1) is 18.1. The molecule has 4 aromatic rings. The number of rotatable bonds is 6. The van der Waals surface area contributed by atoms with Gasteiger partial charge >= 0.3 is 0 Å². The summed E-state index contributed by atoms with van der Waals surface area (Å²) in [5.74, 6) is 1.64. The van der Waals surface area contributed by atoms with Gasteiger partial charge in [0.1, 0.15) is 0 Å². The third kappa shape index (κ3) is 5.07. The van der Waals surface area contributed by atoms with Gasteiger partial charge in [-0.15, -0.1) is 0 Å². The highest BCUT2D eigenvalue weighted by molar-refractivity contribution is 6.05. The zero-order valence-electron chi connectivity index (χ0n) is 21.0. The molecule has 0 aliphatic heterocycles. The van der Waals surface area contributed by atoms with Crippen molar-refractivity contribution in [1.82, 2.24) is 9.97 Å². The standard InChI is InChI=1S/C30H29N7/c1-19-8-10-21-12-14-26(24(21)16-19)34-36-28-18-29(33-30(32-28)31-23-6-4-3-5-7-23)37-35-27-15-13-22-11-9-20(2)17-25(22)27/h3-11,16-18H,12-15H2,1-2H3,(H3,31,32,33,36,37).